The van der Waals surface area contributed by atoms with Crippen molar-refractivity contribution in [2.24, 2.45) is 11.5 Å². The molecule has 0 spiro atoms. The first kappa shape index (κ1) is 28.4. The lowest BCUT2D eigenvalue weighted by Crippen LogP contribution is -2.58. The van der Waals surface area contributed by atoms with Crippen molar-refractivity contribution < 1.29 is 39.0 Å². The van der Waals surface area contributed by atoms with E-state index in [0.29, 0.717) is 5.69 Å². The van der Waals surface area contributed by atoms with Crippen molar-refractivity contribution in [3.8, 4) is 0 Å². The predicted octanol–water partition coefficient (Wildman–Crippen LogP) is -3.51. The summed E-state index contributed by atoms with van der Waals surface area (Å²) in [4.78, 5) is 77.6. The summed E-state index contributed by atoms with van der Waals surface area (Å²) in [6.07, 6.45) is 1.31. The summed E-state index contributed by atoms with van der Waals surface area (Å²) < 4.78 is 0. The number of hydrogen-bond donors (Lipinski definition) is 9. The number of carbonyl (C=O) groups excluding carboxylic acids is 4. The molecule has 0 aliphatic carbocycles. The third-order valence-electron chi connectivity index (χ3n) is 4.45. The average Bonchev–Trinajstić information content (AvgIpc) is 3.26. The fourth-order valence-corrected chi connectivity index (χ4v) is 2.90. The SMILES string of the molecule is NC(=O)CC(NC(=O)C(N)CCC(=O)O)C(=O)NC(Cc1cnc[nH]1)C(=O)NC(CS)C(=O)O. The number of imidazole rings is 1. The maximum absolute atomic E-state index is 12.8. The van der Waals surface area contributed by atoms with E-state index in [1.165, 1.54) is 12.5 Å². The van der Waals surface area contributed by atoms with E-state index in [1.807, 2.05) is 0 Å². The number of carbonyl (C=O) groups is 6. The number of carboxylic acids is 2. The molecular formula is C18H27N7O8S. The standard InChI is InChI=1S/C18H27N7O8S/c19-9(1-2-14(27)28)15(29)23-11(4-13(20)26)17(31)24-10(3-8-5-21-7-22-8)16(30)25-12(6-34)18(32)33/h5,7,9-12,34H,1-4,6,19H2,(H2,20,26)(H,21,22)(H,23,29)(H,24,31)(H,25,30)(H,27,28)(H,32,33). The average molecular weight is 502 g/mol. The highest BCUT2D eigenvalue weighted by Crippen LogP contribution is 2.04. The number of primary amides is 1. The van der Waals surface area contributed by atoms with Crippen molar-refractivity contribution in [2.45, 2.75) is 49.9 Å². The van der Waals surface area contributed by atoms with Crippen molar-refractivity contribution in [3.05, 3.63) is 18.2 Å². The molecule has 0 saturated carbocycles. The predicted molar refractivity (Wildman–Crippen MR) is 118 cm³/mol. The Morgan fingerprint density at radius 2 is 1.59 bits per heavy atom. The molecule has 0 aliphatic heterocycles. The van der Waals surface area contributed by atoms with Crippen LogP contribution in [0.1, 0.15) is 25.0 Å². The molecule has 0 aliphatic rings. The zero-order valence-corrected chi connectivity index (χ0v) is 18.8. The van der Waals surface area contributed by atoms with E-state index in [4.69, 9.17) is 21.7 Å². The second-order valence-electron chi connectivity index (χ2n) is 7.19. The highest BCUT2D eigenvalue weighted by molar-refractivity contribution is 7.80. The van der Waals surface area contributed by atoms with Crippen LogP contribution in [0.25, 0.3) is 0 Å². The van der Waals surface area contributed by atoms with Gasteiger partial charge in [0.25, 0.3) is 0 Å². The fraction of sp³-hybridized carbons (Fsp3) is 0.500. The molecule has 15 nitrogen and oxygen atoms in total. The van der Waals surface area contributed by atoms with E-state index in [1.54, 1.807) is 0 Å². The van der Waals surface area contributed by atoms with Gasteiger partial charge < -0.3 is 42.6 Å². The Morgan fingerprint density at radius 3 is 2.09 bits per heavy atom. The Bertz CT molecular complexity index is 895. The molecule has 4 atom stereocenters. The highest BCUT2D eigenvalue weighted by Gasteiger charge is 2.31. The van der Waals surface area contributed by atoms with Crippen LogP contribution in [0, 0.1) is 0 Å². The Labute approximate surface area is 198 Å². The number of aromatic nitrogens is 2. The number of amides is 4. The Balaban J connectivity index is 3.01. The molecule has 1 heterocycles. The minimum absolute atomic E-state index is 0.133. The van der Waals surface area contributed by atoms with Crippen LogP contribution in [0.2, 0.25) is 0 Å². The zero-order valence-electron chi connectivity index (χ0n) is 17.9. The number of H-pyrrole nitrogens is 1. The van der Waals surface area contributed by atoms with Crippen LogP contribution in [0.3, 0.4) is 0 Å². The van der Waals surface area contributed by atoms with Gasteiger partial charge in [0, 0.05) is 30.5 Å². The zero-order chi connectivity index (χ0) is 25.8. The van der Waals surface area contributed by atoms with Crippen LogP contribution in [0.4, 0.5) is 0 Å². The summed E-state index contributed by atoms with van der Waals surface area (Å²) in [5.41, 5.74) is 11.2. The van der Waals surface area contributed by atoms with Crippen LogP contribution >= 0.6 is 12.6 Å². The van der Waals surface area contributed by atoms with Crippen LogP contribution < -0.4 is 27.4 Å². The first-order chi connectivity index (χ1) is 15.9. The Hall–Kier alpha value is -3.66. The smallest absolute Gasteiger partial charge is 0.327 e. The number of nitrogens with two attached hydrogens (primary N) is 2. The molecule has 188 valence electrons. The Morgan fingerprint density at radius 1 is 1.00 bits per heavy atom. The maximum atomic E-state index is 12.8. The Kier molecular flexibility index (Phi) is 11.5. The van der Waals surface area contributed by atoms with Gasteiger partial charge in [-0.2, -0.15) is 12.6 Å². The first-order valence-electron chi connectivity index (χ1n) is 9.92. The van der Waals surface area contributed by atoms with E-state index in [9.17, 15) is 28.8 Å². The first-order valence-corrected chi connectivity index (χ1v) is 10.6. The van der Waals surface area contributed by atoms with Gasteiger partial charge in [0.15, 0.2) is 0 Å². The maximum Gasteiger partial charge on any atom is 0.327 e. The molecule has 4 amide bonds. The third kappa shape index (κ3) is 9.86. The third-order valence-corrected chi connectivity index (χ3v) is 4.82. The van der Waals surface area contributed by atoms with Gasteiger partial charge in [0.1, 0.15) is 18.1 Å². The van der Waals surface area contributed by atoms with Gasteiger partial charge in [-0.05, 0) is 6.42 Å². The normalized spacial score (nSPS) is 14.2. The van der Waals surface area contributed by atoms with Gasteiger partial charge in [-0.1, -0.05) is 0 Å². The lowest BCUT2D eigenvalue weighted by atomic mass is 10.1. The molecule has 16 heteroatoms. The van der Waals surface area contributed by atoms with E-state index >= 15 is 0 Å². The second kappa shape index (κ2) is 13.8. The number of hydrogen-bond acceptors (Lipinski definition) is 9. The molecule has 0 aromatic carbocycles. The summed E-state index contributed by atoms with van der Waals surface area (Å²) in [6.45, 7) is 0. The van der Waals surface area contributed by atoms with Gasteiger partial charge >= 0.3 is 11.9 Å². The van der Waals surface area contributed by atoms with Crippen molar-refractivity contribution in [1.82, 2.24) is 25.9 Å². The monoisotopic (exact) mass is 501 g/mol. The van der Waals surface area contributed by atoms with Crippen molar-refractivity contribution in [2.75, 3.05) is 5.75 Å². The number of nitrogens with one attached hydrogen (secondary N) is 4. The lowest BCUT2D eigenvalue weighted by Gasteiger charge is -2.24. The minimum Gasteiger partial charge on any atom is -0.481 e. The van der Waals surface area contributed by atoms with E-state index < -0.39 is 72.6 Å². The number of rotatable bonds is 15. The van der Waals surface area contributed by atoms with Crippen molar-refractivity contribution in [1.29, 1.82) is 0 Å². The summed E-state index contributed by atoms with van der Waals surface area (Å²) >= 11 is 3.87. The summed E-state index contributed by atoms with van der Waals surface area (Å²) in [5.74, 6) is -6.44. The van der Waals surface area contributed by atoms with Crippen molar-refractivity contribution >= 4 is 48.2 Å². The van der Waals surface area contributed by atoms with Gasteiger partial charge in [-0.15, -0.1) is 0 Å². The summed E-state index contributed by atoms with van der Waals surface area (Å²) in [5, 5.41) is 24.6. The molecule has 1 rings (SSSR count). The van der Waals surface area contributed by atoms with Crippen LogP contribution in [0.5, 0.6) is 0 Å². The lowest BCUT2D eigenvalue weighted by molar-refractivity contribution is -0.142. The molecule has 10 N–H and O–H groups in total. The largest absolute Gasteiger partial charge is 0.481 e. The molecule has 0 saturated heterocycles. The van der Waals surface area contributed by atoms with Crippen LogP contribution in [0.15, 0.2) is 12.5 Å². The van der Waals surface area contributed by atoms with Gasteiger partial charge in [-0.25, -0.2) is 9.78 Å². The van der Waals surface area contributed by atoms with Crippen molar-refractivity contribution in [3.63, 3.8) is 0 Å². The molecule has 34 heavy (non-hydrogen) atoms. The minimum atomic E-state index is -1.53. The van der Waals surface area contributed by atoms with Gasteiger partial charge in [0.05, 0.1) is 18.8 Å². The van der Waals surface area contributed by atoms with Crippen LogP contribution in [-0.2, 0) is 35.2 Å². The number of nitrogens with zero attached hydrogens (tertiary/aromatic N) is 1. The quantitative estimate of drug-likeness (QED) is 0.107. The number of carboxylic acid groups (broad SMARTS) is 2. The molecule has 0 fully saturated rings. The molecule has 0 radical (unpaired) electrons. The van der Waals surface area contributed by atoms with E-state index in [2.05, 4.69) is 38.5 Å². The molecule has 1 aromatic heterocycles. The molecule has 4 unspecified atom stereocenters. The number of thiol groups is 1. The highest BCUT2D eigenvalue weighted by atomic mass is 32.1. The number of aromatic amines is 1. The van der Waals surface area contributed by atoms with Gasteiger partial charge in [0.2, 0.25) is 23.6 Å². The van der Waals surface area contributed by atoms with E-state index in [-0.39, 0.29) is 18.6 Å². The van der Waals surface area contributed by atoms with E-state index in [0.717, 1.165) is 0 Å². The second-order valence-corrected chi connectivity index (χ2v) is 7.56. The summed E-state index contributed by atoms with van der Waals surface area (Å²) in [6, 6.07) is -5.49. The molecule has 0 bridgehead atoms. The molecule has 1 aromatic rings. The van der Waals surface area contributed by atoms with Gasteiger partial charge in [-0.3, -0.25) is 24.0 Å². The topological polar surface area (TPSA) is 260 Å². The fourth-order valence-electron chi connectivity index (χ4n) is 2.65. The number of aliphatic carboxylic acids is 2. The van der Waals surface area contributed by atoms with Crippen LogP contribution in [-0.4, -0.2) is 85.7 Å². The summed E-state index contributed by atoms with van der Waals surface area (Å²) in [7, 11) is 0. The molecular weight excluding hydrogens is 474 g/mol.